The SMILES string of the molecule is CCOC(=O)c1cnc(-c2ccc(OC)c(Br)c2)[nH]c1=O. The standard InChI is InChI=1S/C14H13BrN2O4/c1-3-21-14(19)9-7-16-12(17-13(9)18)8-4-5-11(20-2)10(15)6-8/h4-7H,3H2,1-2H3,(H,16,17,18). The number of ether oxygens (including phenoxy) is 2. The van der Waals surface area contributed by atoms with Crippen LogP contribution in [0.25, 0.3) is 11.4 Å². The summed E-state index contributed by atoms with van der Waals surface area (Å²) >= 11 is 3.36. The van der Waals surface area contributed by atoms with Gasteiger partial charge in [-0.1, -0.05) is 0 Å². The number of aromatic nitrogens is 2. The number of esters is 1. The lowest BCUT2D eigenvalue weighted by Crippen LogP contribution is -2.20. The Bertz CT molecular complexity index is 727. The van der Waals surface area contributed by atoms with E-state index in [2.05, 4.69) is 25.9 Å². The van der Waals surface area contributed by atoms with E-state index in [1.807, 2.05) is 0 Å². The van der Waals surface area contributed by atoms with Gasteiger partial charge in [0, 0.05) is 11.8 Å². The van der Waals surface area contributed by atoms with Gasteiger partial charge in [-0.3, -0.25) is 4.79 Å². The van der Waals surface area contributed by atoms with Gasteiger partial charge in [-0.25, -0.2) is 9.78 Å². The Morgan fingerprint density at radius 2 is 2.19 bits per heavy atom. The number of halogens is 1. The van der Waals surface area contributed by atoms with Gasteiger partial charge in [-0.05, 0) is 41.1 Å². The molecule has 0 bridgehead atoms. The summed E-state index contributed by atoms with van der Waals surface area (Å²) in [6.07, 6.45) is 1.21. The summed E-state index contributed by atoms with van der Waals surface area (Å²) in [6.45, 7) is 1.87. The zero-order chi connectivity index (χ0) is 15.4. The first-order chi connectivity index (χ1) is 10.1. The molecular formula is C14H13BrN2O4. The van der Waals surface area contributed by atoms with Crippen LogP contribution in [0.1, 0.15) is 17.3 Å². The summed E-state index contributed by atoms with van der Waals surface area (Å²) in [4.78, 5) is 30.1. The van der Waals surface area contributed by atoms with E-state index in [0.29, 0.717) is 17.1 Å². The van der Waals surface area contributed by atoms with E-state index in [1.165, 1.54) is 6.20 Å². The first kappa shape index (κ1) is 15.2. The van der Waals surface area contributed by atoms with Gasteiger partial charge in [-0.15, -0.1) is 0 Å². The van der Waals surface area contributed by atoms with Gasteiger partial charge in [0.25, 0.3) is 5.56 Å². The van der Waals surface area contributed by atoms with E-state index in [1.54, 1.807) is 32.2 Å². The third-order valence-corrected chi connectivity index (χ3v) is 3.34. The number of benzene rings is 1. The average Bonchev–Trinajstić information content (AvgIpc) is 2.47. The second-order valence-corrected chi connectivity index (χ2v) is 4.90. The van der Waals surface area contributed by atoms with Crippen LogP contribution in [0.4, 0.5) is 0 Å². The van der Waals surface area contributed by atoms with Crippen LogP contribution in [0, 0.1) is 0 Å². The Kier molecular flexibility index (Phi) is 4.74. The number of hydrogen-bond acceptors (Lipinski definition) is 5. The molecule has 1 N–H and O–H groups in total. The van der Waals surface area contributed by atoms with Crippen LogP contribution >= 0.6 is 15.9 Å². The highest BCUT2D eigenvalue weighted by atomic mass is 79.9. The zero-order valence-electron chi connectivity index (χ0n) is 11.5. The highest BCUT2D eigenvalue weighted by Crippen LogP contribution is 2.28. The average molecular weight is 353 g/mol. The molecule has 1 heterocycles. The summed E-state index contributed by atoms with van der Waals surface area (Å²) < 4.78 is 10.7. The van der Waals surface area contributed by atoms with Crippen molar-refractivity contribution in [2.24, 2.45) is 0 Å². The molecule has 0 aliphatic heterocycles. The van der Waals surface area contributed by atoms with Crippen molar-refractivity contribution in [3.8, 4) is 17.1 Å². The van der Waals surface area contributed by atoms with Crippen molar-refractivity contribution >= 4 is 21.9 Å². The molecule has 0 saturated heterocycles. The van der Waals surface area contributed by atoms with Gasteiger partial charge in [0.15, 0.2) is 0 Å². The number of nitrogens with zero attached hydrogens (tertiary/aromatic N) is 1. The predicted molar refractivity (Wildman–Crippen MR) is 80.5 cm³/mol. The maximum Gasteiger partial charge on any atom is 0.345 e. The lowest BCUT2D eigenvalue weighted by Gasteiger charge is -2.06. The second-order valence-electron chi connectivity index (χ2n) is 4.04. The van der Waals surface area contributed by atoms with Crippen LogP contribution in [-0.4, -0.2) is 29.7 Å². The molecule has 2 rings (SSSR count). The molecule has 0 unspecified atom stereocenters. The molecule has 0 aliphatic rings. The predicted octanol–water partition coefficient (Wildman–Crippen LogP) is 2.38. The lowest BCUT2D eigenvalue weighted by atomic mass is 10.2. The van der Waals surface area contributed by atoms with E-state index in [9.17, 15) is 9.59 Å². The van der Waals surface area contributed by atoms with Crippen LogP contribution in [-0.2, 0) is 4.74 Å². The van der Waals surface area contributed by atoms with Gasteiger partial charge >= 0.3 is 5.97 Å². The first-order valence-electron chi connectivity index (χ1n) is 6.17. The molecule has 6 nitrogen and oxygen atoms in total. The van der Waals surface area contributed by atoms with Crippen LogP contribution in [0.5, 0.6) is 5.75 Å². The zero-order valence-corrected chi connectivity index (χ0v) is 13.1. The van der Waals surface area contributed by atoms with Crippen molar-refractivity contribution in [2.75, 3.05) is 13.7 Å². The Labute approximate surface area is 129 Å². The minimum atomic E-state index is -0.686. The van der Waals surface area contributed by atoms with E-state index < -0.39 is 11.5 Å². The number of nitrogens with one attached hydrogen (secondary N) is 1. The Balaban J connectivity index is 2.38. The number of H-pyrrole nitrogens is 1. The van der Waals surface area contributed by atoms with E-state index >= 15 is 0 Å². The maximum atomic E-state index is 11.9. The van der Waals surface area contributed by atoms with E-state index in [0.717, 1.165) is 4.47 Å². The number of aromatic amines is 1. The number of rotatable bonds is 4. The summed E-state index contributed by atoms with van der Waals surface area (Å²) in [5, 5.41) is 0. The molecule has 2 aromatic rings. The molecule has 1 aromatic carbocycles. The topological polar surface area (TPSA) is 81.3 Å². The fourth-order valence-corrected chi connectivity index (χ4v) is 2.25. The molecular weight excluding hydrogens is 340 g/mol. The third-order valence-electron chi connectivity index (χ3n) is 2.72. The van der Waals surface area contributed by atoms with Gasteiger partial charge < -0.3 is 14.5 Å². The van der Waals surface area contributed by atoms with Gasteiger partial charge in [0.2, 0.25) is 0 Å². The summed E-state index contributed by atoms with van der Waals surface area (Å²) in [5.41, 5.74) is 0.0359. The molecule has 0 amide bonds. The van der Waals surface area contributed by atoms with Crippen LogP contribution in [0.15, 0.2) is 33.7 Å². The van der Waals surface area contributed by atoms with Crippen molar-refractivity contribution in [3.05, 3.63) is 44.8 Å². The fraction of sp³-hybridized carbons (Fsp3) is 0.214. The van der Waals surface area contributed by atoms with Crippen LogP contribution in [0.3, 0.4) is 0 Å². The summed E-state index contributed by atoms with van der Waals surface area (Å²) in [7, 11) is 1.56. The number of carbonyl (C=O) groups excluding carboxylic acids is 1. The minimum Gasteiger partial charge on any atom is -0.496 e. The third kappa shape index (κ3) is 3.30. The monoisotopic (exact) mass is 352 g/mol. The van der Waals surface area contributed by atoms with Crippen molar-refractivity contribution in [2.45, 2.75) is 6.92 Å². The summed E-state index contributed by atoms with van der Waals surface area (Å²) in [6, 6.07) is 5.27. The molecule has 1 aromatic heterocycles. The largest absolute Gasteiger partial charge is 0.496 e. The molecule has 0 aliphatic carbocycles. The quantitative estimate of drug-likeness (QED) is 0.854. The number of methoxy groups -OCH3 is 1. The maximum absolute atomic E-state index is 11.9. The molecule has 0 saturated carbocycles. The minimum absolute atomic E-state index is 0.117. The van der Waals surface area contributed by atoms with E-state index in [4.69, 9.17) is 9.47 Å². The molecule has 0 spiro atoms. The van der Waals surface area contributed by atoms with E-state index in [-0.39, 0.29) is 12.2 Å². The van der Waals surface area contributed by atoms with Gasteiger partial charge in [0.05, 0.1) is 18.2 Å². The van der Waals surface area contributed by atoms with Crippen molar-refractivity contribution in [1.29, 1.82) is 0 Å². The Morgan fingerprint density at radius 3 is 2.76 bits per heavy atom. The van der Waals surface area contributed by atoms with Crippen LogP contribution in [0.2, 0.25) is 0 Å². The van der Waals surface area contributed by atoms with Crippen LogP contribution < -0.4 is 10.3 Å². The Hall–Kier alpha value is -2.15. The Morgan fingerprint density at radius 1 is 1.43 bits per heavy atom. The molecule has 0 fully saturated rings. The molecule has 7 heteroatoms. The number of carbonyl (C=O) groups is 1. The molecule has 0 radical (unpaired) electrons. The number of hydrogen-bond donors (Lipinski definition) is 1. The fourth-order valence-electron chi connectivity index (χ4n) is 1.71. The van der Waals surface area contributed by atoms with Crippen molar-refractivity contribution < 1.29 is 14.3 Å². The highest BCUT2D eigenvalue weighted by Gasteiger charge is 2.14. The lowest BCUT2D eigenvalue weighted by molar-refractivity contribution is 0.0524. The second kappa shape index (κ2) is 6.53. The molecule has 110 valence electrons. The van der Waals surface area contributed by atoms with Gasteiger partial charge in [-0.2, -0.15) is 0 Å². The molecule has 21 heavy (non-hydrogen) atoms. The van der Waals surface area contributed by atoms with Gasteiger partial charge in [0.1, 0.15) is 17.1 Å². The normalized spacial score (nSPS) is 10.2. The smallest absolute Gasteiger partial charge is 0.345 e. The first-order valence-corrected chi connectivity index (χ1v) is 6.96. The van der Waals surface area contributed by atoms with Crippen molar-refractivity contribution in [3.63, 3.8) is 0 Å². The molecule has 0 atom stereocenters. The summed E-state index contributed by atoms with van der Waals surface area (Å²) in [5.74, 6) is 0.342. The van der Waals surface area contributed by atoms with Crippen molar-refractivity contribution in [1.82, 2.24) is 9.97 Å². The highest BCUT2D eigenvalue weighted by molar-refractivity contribution is 9.10.